The maximum Gasteiger partial charge on any atom is 0.416 e. The van der Waals surface area contributed by atoms with E-state index < -0.39 is 40.5 Å². The summed E-state index contributed by atoms with van der Waals surface area (Å²) in [7, 11) is 0. The number of halogens is 7. The summed E-state index contributed by atoms with van der Waals surface area (Å²) in [6.45, 7) is 0. The van der Waals surface area contributed by atoms with Gasteiger partial charge in [0.25, 0.3) is 0 Å². The molecule has 1 aromatic heterocycles. The molecule has 2 aromatic carbocycles. The quantitative estimate of drug-likeness (QED) is 0.443. The number of nitrogens with one attached hydrogen (secondary N) is 1. The van der Waals surface area contributed by atoms with Crippen LogP contribution in [0.25, 0.3) is 11.3 Å². The summed E-state index contributed by atoms with van der Waals surface area (Å²) < 4.78 is 78.1. The summed E-state index contributed by atoms with van der Waals surface area (Å²) in [6.07, 6.45) is -10.2. The van der Waals surface area contributed by atoms with Gasteiger partial charge in [-0.2, -0.15) is 41.8 Å². The molecule has 0 saturated carbocycles. The van der Waals surface area contributed by atoms with Crippen LogP contribution in [0.15, 0.2) is 36.4 Å². The van der Waals surface area contributed by atoms with E-state index in [-0.39, 0.29) is 40.2 Å². The van der Waals surface area contributed by atoms with Crippen LogP contribution in [-0.2, 0) is 12.4 Å². The number of ketones is 1. The van der Waals surface area contributed by atoms with Gasteiger partial charge in [-0.25, -0.2) is 0 Å². The number of carbonyl (C=O) groups excluding carboxylic acids is 1. The second kappa shape index (κ2) is 7.07. The van der Waals surface area contributed by atoms with Gasteiger partial charge < -0.3 is 5.11 Å². The van der Waals surface area contributed by atoms with E-state index in [2.05, 4.69) is 15.4 Å². The molecule has 0 fully saturated rings. The Morgan fingerprint density at radius 3 is 2.07 bits per heavy atom. The largest absolute Gasteiger partial charge is 0.507 e. The number of nitrogens with zero attached hydrogens (tertiary/aromatic N) is 2. The van der Waals surface area contributed by atoms with Gasteiger partial charge >= 0.3 is 12.4 Å². The van der Waals surface area contributed by atoms with E-state index in [9.17, 15) is 36.2 Å². The molecule has 29 heavy (non-hydrogen) atoms. The van der Waals surface area contributed by atoms with Crippen LogP contribution in [0.5, 0.6) is 5.75 Å². The van der Waals surface area contributed by atoms with Crippen LogP contribution in [0.3, 0.4) is 0 Å². The standard InChI is InChI=1S/C17H8ClF6N3O2/c18-10-1-2-12(28)11(6-10)13-14(26-27-25-13)15(29)7-3-8(16(19,20)21)5-9(4-7)17(22,23)24/h1-6,28H,(H,25,26,27). The monoisotopic (exact) mass is 435 g/mol. The van der Waals surface area contributed by atoms with Gasteiger partial charge in [0.05, 0.1) is 11.1 Å². The fraction of sp³-hybridized carbons (Fsp3) is 0.118. The molecule has 3 rings (SSSR count). The van der Waals surface area contributed by atoms with Gasteiger partial charge in [-0.3, -0.25) is 4.79 Å². The minimum Gasteiger partial charge on any atom is -0.507 e. The number of aromatic amines is 1. The number of H-pyrrole nitrogens is 1. The molecule has 12 heteroatoms. The molecule has 0 radical (unpaired) electrons. The molecule has 0 unspecified atom stereocenters. The van der Waals surface area contributed by atoms with Crippen LogP contribution in [-0.4, -0.2) is 26.3 Å². The maximum absolute atomic E-state index is 13.0. The van der Waals surface area contributed by atoms with Crippen LogP contribution in [0.4, 0.5) is 26.3 Å². The Labute approximate surface area is 162 Å². The van der Waals surface area contributed by atoms with Gasteiger partial charge in [0.1, 0.15) is 11.4 Å². The van der Waals surface area contributed by atoms with Crippen molar-refractivity contribution in [2.24, 2.45) is 0 Å². The van der Waals surface area contributed by atoms with Crippen molar-refractivity contribution in [3.63, 3.8) is 0 Å². The minimum absolute atomic E-state index is 0.0855. The summed E-state index contributed by atoms with van der Waals surface area (Å²) in [5.41, 5.74) is -5.16. The van der Waals surface area contributed by atoms with E-state index in [4.69, 9.17) is 11.6 Å². The molecule has 3 aromatic rings. The second-order valence-corrected chi connectivity index (χ2v) is 6.24. The average molecular weight is 436 g/mol. The van der Waals surface area contributed by atoms with Gasteiger partial charge in [-0.05, 0) is 36.4 Å². The predicted molar refractivity (Wildman–Crippen MR) is 88.4 cm³/mol. The van der Waals surface area contributed by atoms with E-state index >= 15 is 0 Å². The molecule has 0 atom stereocenters. The zero-order chi connectivity index (χ0) is 21.6. The highest BCUT2D eigenvalue weighted by molar-refractivity contribution is 6.31. The van der Waals surface area contributed by atoms with Crippen molar-refractivity contribution >= 4 is 17.4 Å². The molecule has 2 N–H and O–H groups in total. The van der Waals surface area contributed by atoms with Gasteiger partial charge in [-0.1, -0.05) is 11.6 Å². The molecular formula is C17H8ClF6N3O2. The van der Waals surface area contributed by atoms with Crippen LogP contribution >= 0.6 is 11.6 Å². The lowest BCUT2D eigenvalue weighted by atomic mass is 9.98. The molecular weight excluding hydrogens is 428 g/mol. The smallest absolute Gasteiger partial charge is 0.416 e. The highest BCUT2D eigenvalue weighted by Gasteiger charge is 2.38. The van der Waals surface area contributed by atoms with E-state index in [1.807, 2.05) is 0 Å². The van der Waals surface area contributed by atoms with Crippen molar-refractivity contribution in [3.05, 3.63) is 63.8 Å². The first-order valence-corrected chi connectivity index (χ1v) is 7.99. The summed E-state index contributed by atoms with van der Waals surface area (Å²) in [4.78, 5) is 12.7. The zero-order valence-corrected chi connectivity index (χ0v) is 14.6. The van der Waals surface area contributed by atoms with Crippen LogP contribution in [0, 0.1) is 0 Å². The van der Waals surface area contributed by atoms with Gasteiger partial charge in [0, 0.05) is 16.1 Å². The molecule has 0 amide bonds. The molecule has 5 nitrogen and oxygen atoms in total. The third-order valence-electron chi connectivity index (χ3n) is 3.83. The summed E-state index contributed by atoms with van der Waals surface area (Å²) >= 11 is 5.82. The van der Waals surface area contributed by atoms with Crippen molar-refractivity contribution in [1.82, 2.24) is 15.4 Å². The van der Waals surface area contributed by atoms with E-state index in [0.29, 0.717) is 0 Å². The number of rotatable bonds is 3. The highest BCUT2D eigenvalue weighted by atomic mass is 35.5. The van der Waals surface area contributed by atoms with Crippen molar-refractivity contribution < 1.29 is 36.2 Å². The Bertz CT molecular complexity index is 1060. The number of aromatic nitrogens is 3. The van der Waals surface area contributed by atoms with Crippen LogP contribution < -0.4 is 0 Å². The fourth-order valence-corrected chi connectivity index (χ4v) is 2.67. The molecule has 152 valence electrons. The first kappa shape index (κ1) is 20.6. The number of benzene rings is 2. The number of aromatic hydroxyl groups is 1. The summed E-state index contributed by atoms with van der Waals surface area (Å²) in [5.74, 6) is -1.64. The Kier molecular flexibility index (Phi) is 5.03. The Morgan fingerprint density at radius 2 is 1.52 bits per heavy atom. The third-order valence-corrected chi connectivity index (χ3v) is 4.06. The molecule has 0 aliphatic rings. The van der Waals surface area contributed by atoms with Crippen LogP contribution in [0.1, 0.15) is 27.2 Å². The minimum atomic E-state index is -5.12. The van der Waals surface area contributed by atoms with E-state index in [1.54, 1.807) is 0 Å². The van der Waals surface area contributed by atoms with Crippen molar-refractivity contribution in [3.8, 4) is 17.0 Å². The van der Waals surface area contributed by atoms with E-state index in [0.717, 1.165) is 0 Å². The summed E-state index contributed by atoms with van der Waals surface area (Å²) in [5, 5.41) is 19.3. The van der Waals surface area contributed by atoms with Crippen LogP contribution in [0.2, 0.25) is 5.02 Å². The average Bonchev–Trinajstić information content (AvgIpc) is 3.10. The molecule has 0 spiro atoms. The first-order valence-electron chi connectivity index (χ1n) is 7.62. The van der Waals surface area contributed by atoms with Gasteiger partial charge in [0.15, 0.2) is 5.69 Å². The van der Waals surface area contributed by atoms with E-state index in [1.165, 1.54) is 18.2 Å². The molecule has 0 aliphatic carbocycles. The first-order chi connectivity index (χ1) is 13.4. The van der Waals surface area contributed by atoms with Gasteiger partial charge in [0.2, 0.25) is 5.78 Å². The molecule has 1 heterocycles. The Morgan fingerprint density at radius 1 is 0.931 bits per heavy atom. The number of carbonyl (C=O) groups is 1. The number of hydrogen-bond acceptors (Lipinski definition) is 4. The molecule has 0 saturated heterocycles. The Balaban J connectivity index is 2.16. The molecule has 0 bridgehead atoms. The number of hydrogen-bond donors (Lipinski definition) is 2. The van der Waals surface area contributed by atoms with Gasteiger partial charge in [-0.15, -0.1) is 0 Å². The lowest BCUT2D eigenvalue weighted by Crippen LogP contribution is -2.14. The lowest BCUT2D eigenvalue weighted by Gasteiger charge is -2.13. The SMILES string of the molecule is O=C(c1cc(C(F)(F)F)cc(C(F)(F)F)c1)c1n[nH]nc1-c1cc(Cl)ccc1O. The zero-order valence-electron chi connectivity index (χ0n) is 13.9. The number of phenolic OH excluding ortho intramolecular Hbond substituents is 1. The molecule has 0 aliphatic heterocycles. The Hall–Kier alpha value is -3.08. The van der Waals surface area contributed by atoms with Crippen molar-refractivity contribution in [2.75, 3.05) is 0 Å². The second-order valence-electron chi connectivity index (χ2n) is 5.81. The number of alkyl halides is 6. The van der Waals surface area contributed by atoms with Crippen molar-refractivity contribution in [1.29, 1.82) is 0 Å². The van der Waals surface area contributed by atoms with Crippen molar-refractivity contribution in [2.45, 2.75) is 12.4 Å². The topological polar surface area (TPSA) is 78.9 Å². The highest BCUT2D eigenvalue weighted by Crippen LogP contribution is 2.37. The number of phenols is 1. The fourth-order valence-electron chi connectivity index (χ4n) is 2.50. The predicted octanol–water partition coefficient (Wildman–Crippen LogP) is 5.10. The lowest BCUT2D eigenvalue weighted by molar-refractivity contribution is -0.143. The maximum atomic E-state index is 13.0. The normalized spacial score (nSPS) is 12.2. The third kappa shape index (κ3) is 4.19. The summed E-state index contributed by atoms with van der Waals surface area (Å²) in [6, 6.07) is 4.18.